The van der Waals surface area contributed by atoms with Gasteiger partial charge in [-0.25, -0.2) is 4.79 Å². The normalized spacial score (nSPS) is 22.3. The maximum Gasteiger partial charge on any atom is 0.334 e. The van der Waals surface area contributed by atoms with Gasteiger partial charge in [-0.1, -0.05) is 18.9 Å². The number of rotatable bonds is 6. The summed E-state index contributed by atoms with van der Waals surface area (Å²) < 4.78 is 10.3. The molecule has 0 radical (unpaired) electrons. The average Bonchev–Trinajstić information content (AvgIpc) is 2.72. The van der Waals surface area contributed by atoms with Crippen LogP contribution in [0, 0.1) is 0 Å². The number of carbonyl (C=O) groups is 2. The summed E-state index contributed by atoms with van der Waals surface area (Å²) in [7, 11) is 0. The van der Waals surface area contributed by atoms with Gasteiger partial charge in [-0.05, 0) is 20.3 Å². The minimum atomic E-state index is -1.11. The molecule has 0 aromatic heterocycles. The molecule has 1 fully saturated rings. The fourth-order valence-electron chi connectivity index (χ4n) is 1.89. The second-order valence-corrected chi connectivity index (χ2v) is 5.15. The Bertz CT molecular complexity index is 381. The monoisotopic (exact) mass is 270 g/mol. The van der Waals surface area contributed by atoms with E-state index in [9.17, 15) is 14.7 Å². The van der Waals surface area contributed by atoms with Crippen LogP contribution in [0.25, 0.3) is 0 Å². The van der Waals surface area contributed by atoms with Crippen molar-refractivity contribution < 1.29 is 24.2 Å². The zero-order valence-electron chi connectivity index (χ0n) is 11.8. The SMILES string of the molecule is CCCCC(=O)OCC1(CO)CC(=C(C)C)C(=O)O1. The lowest BCUT2D eigenvalue weighted by molar-refractivity contribution is -0.166. The van der Waals surface area contributed by atoms with E-state index in [1.165, 1.54) is 0 Å². The molecule has 1 saturated heterocycles. The summed E-state index contributed by atoms with van der Waals surface area (Å²) in [4.78, 5) is 23.1. The van der Waals surface area contributed by atoms with Gasteiger partial charge in [0, 0.05) is 18.4 Å². The van der Waals surface area contributed by atoms with E-state index in [4.69, 9.17) is 9.47 Å². The molecule has 0 amide bonds. The Morgan fingerprint density at radius 3 is 2.63 bits per heavy atom. The van der Waals surface area contributed by atoms with Crippen LogP contribution in [0.4, 0.5) is 0 Å². The van der Waals surface area contributed by atoms with Gasteiger partial charge in [0.1, 0.15) is 6.61 Å². The summed E-state index contributed by atoms with van der Waals surface area (Å²) in [5, 5.41) is 9.43. The first kappa shape index (κ1) is 15.7. The molecule has 19 heavy (non-hydrogen) atoms. The number of aliphatic hydroxyl groups is 1. The first-order chi connectivity index (χ1) is 8.94. The summed E-state index contributed by atoms with van der Waals surface area (Å²) in [6.07, 6.45) is 2.31. The molecule has 5 nitrogen and oxygen atoms in total. The van der Waals surface area contributed by atoms with Crippen LogP contribution < -0.4 is 0 Å². The van der Waals surface area contributed by atoms with Crippen LogP contribution in [0.2, 0.25) is 0 Å². The molecule has 1 atom stereocenters. The first-order valence-electron chi connectivity index (χ1n) is 6.60. The smallest absolute Gasteiger partial charge is 0.334 e. The lowest BCUT2D eigenvalue weighted by Gasteiger charge is -2.24. The fourth-order valence-corrected chi connectivity index (χ4v) is 1.89. The van der Waals surface area contributed by atoms with E-state index in [-0.39, 0.29) is 25.6 Å². The number of hydrogen-bond donors (Lipinski definition) is 1. The van der Waals surface area contributed by atoms with Crippen LogP contribution in [-0.2, 0) is 19.1 Å². The lowest BCUT2D eigenvalue weighted by atomic mass is 9.97. The number of allylic oxidation sites excluding steroid dienone is 1. The highest BCUT2D eigenvalue weighted by Gasteiger charge is 2.44. The van der Waals surface area contributed by atoms with E-state index in [1.807, 2.05) is 20.8 Å². The van der Waals surface area contributed by atoms with Gasteiger partial charge in [0.2, 0.25) is 0 Å². The predicted octanol–water partition coefficient (Wildman–Crippen LogP) is 1.73. The predicted molar refractivity (Wildman–Crippen MR) is 69.4 cm³/mol. The molecule has 0 aromatic carbocycles. The van der Waals surface area contributed by atoms with Crippen molar-refractivity contribution in [3.05, 3.63) is 11.1 Å². The largest absolute Gasteiger partial charge is 0.461 e. The zero-order valence-corrected chi connectivity index (χ0v) is 11.8. The van der Waals surface area contributed by atoms with Crippen molar-refractivity contribution in [2.45, 2.75) is 52.1 Å². The molecule has 108 valence electrons. The Labute approximate surface area is 113 Å². The minimum Gasteiger partial charge on any atom is -0.461 e. The van der Waals surface area contributed by atoms with E-state index < -0.39 is 11.6 Å². The Balaban J connectivity index is 2.62. The molecule has 1 unspecified atom stereocenters. The summed E-state index contributed by atoms with van der Waals surface area (Å²) in [6, 6.07) is 0. The van der Waals surface area contributed by atoms with Crippen molar-refractivity contribution in [1.82, 2.24) is 0 Å². The van der Waals surface area contributed by atoms with Crippen LogP contribution >= 0.6 is 0 Å². The molecule has 0 aliphatic carbocycles. The Morgan fingerprint density at radius 1 is 1.47 bits per heavy atom. The molecular formula is C14H22O5. The molecule has 1 heterocycles. The van der Waals surface area contributed by atoms with Gasteiger partial charge in [-0.2, -0.15) is 0 Å². The molecule has 1 N–H and O–H groups in total. The second-order valence-electron chi connectivity index (χ2n) is 5.15. The van der Waals surface area contributed by atoms with Crippen molar-refractivity contribution in [1.29, 1.82) is 0 Å². The molecule has 1 aliphatic rings. The third-order valence-corrected chi connectivity index (χ3v) is 3.18. The quantitative estimate of drug-likeness (QED) is 0.588. The summed E-state index contributed by atoms with van der Waals surface area (Å²) in [5.74, 6) is -0.755. The van der Waals surface area contributed by atoms with Crippen molar-refractivity contribution in [2.75, 3.05) is 13.2 Å². The molecule has 0 spiro atoms. The Hall–Kier alpha value is -1.36. The number of hydrogen-bond acceptors (Lipinski definition) is 5. The average molecular weight is 270 g/mol. The van der Waals surface area contributed by atoms with Crippen LogP contribution in [0.5, 0.6) is 0 Å². The Morgan fingerprint density at radius 2 is 2.16 bits per heavy atom. The molecule has 1 rings (SSSR count). The molecule has 0 aromatic rings. The molecule has 0 saturated carbocycles. The number of unbranched alkanes of at least 4 members (excludes halogenated alkanes) is 1. The van der Waals surface area contributed by atoms with Gasteiger partial charge < -0.3 is 14.6 Å². The minimum absolute atomic E-state index is 0.0887. The van der Waals surface area contributed by atoms with Gasteiger partial charge in [-0.15, -0.1) is 0 Å². The lowest BCUT2D eigenvalue weighted by Crippen LogP contribution is -2.39. The van der Waals surface area contributed by atoms with Crippen LogP contribution in [0.1, 0.15) is 46.5 Å². The Kier molecular flexibility index (Phi) is 5.54. The molecule has 5 heteroatoms. The fraction of sp³-hybridized carbons (Fsp3) is 0.714. The topological polar surface area (TPSA) is 72.8 Å². The van der Waals surface area contributed by atoms with Gasteiger partial charge in [-0.3, -0.25) is 4.79 Å². The maximum atomic E-state index is 11.7. The summed E-state index contributed by atoms with van der Waals surface area (Å²) in [5.41, 5.74) is 0.308. The van der Waals surface area contributed by atoms with Gasteiger partial charge in [0.05, 0.1) is 6.61 Å². The second kappa shape index (κ2) is 6.70. The first-order valence-corrected chi connectivity index (χ1v) is 6.60. The van der Waals surface area contributed by atoms with E-state index in [2.05, 4.69) is 0 Å². The third kappa shape index (κ3) is 4.06. The molecule has 1 aliphatic heterocycles. The summed E-state index contributed by atoms with van der Waals surface area (Å²) >= 11 is 0. The number of ether oxygens (including phenoxy) is 2. The van der Waals surface area contributed by atoms with Crippen LogP contribution in [0.3, 0.4) is 0 Å². The van der Waals surface area contributed by atoms with Gasteiger partial charge in [0.15, 0.2) is 5.60 Å². The number of esters is 2. The van der Waals surface area contributed by atoms with Crippen molar-refractivity contribution in [2.24, 2.45) is 0 Å². The highest BCUT2D eigenvalue weighted by atomic mass is 16.6. The highest BCUT2D eigenvalue weighted by molar-refractivity contribution is 5.92. The number of aliphatic hydroxyl groups excluding tert-OH is 1. The number of carbonyl (C=O) groups excluding carboxylic acids is 2. The van der Waals surface area contributed by atoms with E-state index in [1.54, 1.807) is 0 Å². The highest BCUT2D eigenvalue weighted by Crippen LogP contribution is 2.32. The van der Waals surface area contributed by atoms with Crippen LogP contribution in [-0.4, -0.2) is 35.9 Å². The van der Waals surface area contributed by atoms with E-state index >= 15 is 0 Å². The van der Waals surface area contributed by atoms with Gasteiger partial charge in [0.25, 0.3) is 0 Å². The molecule has 0 bridgehead atoms. The van der Waals surface area contributed by atoms with Crippen LogP contribution in [0.15, 0.2) is 11.1 Å². The van der Waals surface area contributed by atoms with Gasteiger partial charge >= 0.3 is 11.9 Å². The van der Waals surface area contributed by atoms with Crippen molar-refractivity contribution in [3.8, 4) is 0 Å². The van der Waals surface area contributed by atoms with Crippen molar-refractivity contribution in [3.63, 3.8) is 0 Å². The van der Waals surface area contributed by atoms with Crippen molar-refractivity contribution >= 4 is 11.9 Å². The third-order valence-electron chi connectivity index (χ3n) is 3.18. The zero-order chi connectivity index (χ0) is 14.5. The number of cyclic esters (lactones) is 1. The maximum absolute atomic E-state index is 11.7. The summed E-state index contributed by atoms with van der Waals surface area (Å²) in [6.45, 7) is 5.18. The van der Waals surface area contributed by atoms with E-state index in [0.717, 1.165) is 18.4 Å². The van der Waals surface area contributed by atoms with E-state index in [0.29, 0.717) is 12.0 Å². The molecular weight excluding hydrogens is 248 g/mol. The standard InChI is InChI=1S/C14H22O5/c1-4-5-6-12(16)18-9-14(8-15)7-11(10(2)3)13(17)19-14/h15H,4-9H2,1-3H3.